The first-order valence-electron chi connectivity index (χ1n) is 9.47. The van der Waals surface area contributed by atoms with E-state index in [1.165, 1.54) is 18.2 Å². The van der Waals surface area contributed by atoms with Gasteiger partial charge in [-0.3, -0.25) is 0 Å². The first-order chi connectivity index (χ1) is 13.2. The lowest BCUT2D eigenvalue weighted by Gasteiger charge is -2.29. The van der Waals surface area contributed by atoms with Gasteiger partial charge in [-0.05, 0) is 51.8 Å². The standard InChI is InChI=1S/C23H30O6/c1-22(2,3)16-9-13(10-17(20(16)26)23(4,5)6)19(25)12-29-14-7-8-15(21(27)28)18(24)11-14/h7-11,19,24-26H,12H2,1-6H3,(H,27,28). The predicted molar refractivity (Wildman–Crippen MR) is 111 cm³/mol. The predicted octanol–water partition coefficient (Wildman–Crippen LogP) is 4.50. The number of aromatic carboxylic acids is 1. The van der Waals surface area contributed by atoms with Crippen molar-refractivity contribution in [1.29, 1.82) is 0 Å². The third kappa shape index (κ3) is 5.21. The Labute approximate surface area is 171 Å². The number of carboxylic acid groups (broad SMARTS) is 1. The molecule has 0 heterocycles. The van der Waals surface area contributed by atoms with Crippen molar-refractivity contribution in [1.82, 2.24) is 0 Å². The molecule has 0 amide bonds. The number of aromatic hydroxyl groups is 2. The minimum Gasteiger partial charge on any atom is -0.507 e. The molecule has 6 nitrogen and oxygen atoms in total. The van der Waals surface area contributed by atoms with Crippen LogP contribution in [0.25, 0.3) is 0 Å². The fourth-order valence-corrected chi connectivity index (χ4v) is 3.05. The van der Waals surface area contributed by atoms with Gasteiger partial charge in [-0.15, -0.1) is 0 Å². The molecular formula is C23H30O6. The second kappa shape index (κ2) is 7.95. The molecule has 0 aliphatic carbocycles. The summed E-state index contributed by atoms with van der Waals surface area (Å²) < 4.78 is 5.55. The van der Waals surface area contributed by atoms with Crippen LogP contribution < -0.4 is 4.74 Å². The highest BCUT2D eigenvalue weighted by Crippen LogP contribution is 2.41. The molecule has 1 unspecified atom stereocenters. The summed E-state index contributed by atoms with van der Waals surface area (Å²) in [4.78, 5) is 11.0. The smallest absolute Gasteiger partial charge is 0.339 e. The topological polar surface area (TPSA) is 107 Å². The fraction of sp³-hybridized carbons (Fsp3) is 0.435. The Morgan fingerprint density at radius 1 is 0.966 bits per heavy atom. The third-order valence-corrected chi connectivity index (χ3v) is 4.74. The van der Waals surface area contributed by atoms with Crippen LogP contribution in [0.3, 0.4) is 0 Å². The highest BCUT2D eigenvalue weighted by molar-refractivity contribution is 5.90. The van der Waals surface area contributed by atoms with E-state index in [4.69, 9.17) is 9.84 Å². The number of ether oxygens (including phenoxy) is 1. The van der Waals surface area contributed by atoms with Crippen molar-refractivity contribution < 1.29 is 30.0 Å². The summed E-state index contributed by atoms with van der Waals surface area (Å²) in [6.07, 6.45) is -0.973. The minimum absolute atomic E-state index is 0.0935. The largest absolute Gasteiger partial charge is 0.507 e. The Morgan fingerprint density at radius 2 is 1.48 bits per heavy atom. The Hall–Kier alpha value is -2.73. The van der Waals surface area contributed by atoms with Gasteiger partial charge in [0, 0.05) is 6.07 Å². The Kier molecular flexibility index (Phi) is 6.18. The van der Waals surface area contributed by atoms with Crippen LogP contribution in [0.2, 0.25) is 0 Å². The van der Waals surface area contributed by atoms with Crippen LogP contribution in [0.15, 0.2) is 30.3 Å². The maximum absolute atomic E-state index is 11.0. The number of hydrogen-bond donors (Lipinski definition) is 4. The molecule has 2 aromatic carbocycles. The molecule has 0 radical (unpaired) electrons. The highest BCUT2D eigenvalue weighted by atomic mass is 16.5. The Balaban J connectivity index is 2.32. The van der Waals surface area contributed by atoms with Gasteiger partial charge in [0.05, 0.1) is 0 Å². The van der Waals surface area contributed by atoms with Gasteiger partial charge >= 0.3 is 5.97 Å². The molecule has 29 heavy (non-hydrogen) atoms. The molecule has 0 aliphatic heterocycles. The van der Waals surface area contributed by atoms with E-state index in [-0.39, 0.29) is 34.5 Å². The number of carboxylic acids is 1. The molecular weight excluding hydrogens is 372 g/mol. The van der Waals surface area contributed by atoms with Crippen molar-refractivity contribution in [3.63, 3.8) is 0 Å². The first kappa shape index (κ1) is 22.6. The number of carbonyl (C=O) groups is 1. The van der Waals surface area contributed by atoms with Crippen LogP contribution in [0, 0.1) is 0 Å². The summed E-state index contributed by atoms with van der Waals surface area (Å²) in [5.74, 6) is -1.16. The molecule has 0 aliphatic rings. The molecule has 0 spiro atoms. The SMILES string of the molecule is CC(C)(C)c1cc(C(O)COc2ccc(C(=O)O)c(O)c2)cc(C(C)(C)C)c1O. The molecule has 4 N–H and O–H groups in total. The van der Waals surface area contributed by atoms with Gasteiger partial charge in [-0.25, -0.2) is 4.79 Å². The average molecular weight is 402 g/mol. The molecule has 2 aromatic rings. The maximum atomic E-state index is 11.0. The summed E-state index contributed by atoms with van der Waals surface area (Å²) in [5, 5.41) is 40.2. The molecule has 2 rings (SSSR count). The lowest BCUT2D eigenvalue weighted by atomic mass is 9.78. The van der Waals surface area contributed by atoms with E-state index < -0.39 is 17.8 Å². The number of rotatable bonds is 5. The van der Waals surface area contributed by atoms with E-state index in [1.54, 1.807) is 12.1 Å². The quantitative estimate of drug-likeness (QED) is 0.586. The fourth-order valence-electron chi connectivity index (χ4n) is 3.05. The summed E-state index contributed by atoms with van der Waals surface area (Å²) in [6, 6.07) is 7.44. The molecule has 0 saturated carbocycles. The summed E-state index contributed by atoms with van der Waals surface area (Å²) >= 11 is 0. The van der Waals surface area contributed by atoms with Crippen molar-refractivity contribution >= 4 is 5.97 Å². The number of hydrogen-bond acceptors (Lipinski definition) is 5. The summed E-state index contributed by atoms with van der Waals surface area (Å²) in [6.45, 7) is 11.9. The van der Waals surface area contributed by atoms with E-state index in [2.05, 4.69) is 0 Å². The molecule has 6 heteroatoms. The highest BCUT2D eigenvalue weighted by Gasteiger charge is 2.28. The maximum Gasteiger partial charge on any atom is 0.339 e. The molecule has 0 bridgehead atoms. The molecule has 0 aromatic heterocycles. The number of aliphatic hydroxyl groups excluding tert-OH is 1. The van der Waals surface area contributed by atoms with Gasteiger partial charge in [0.2, 0.25) is 0 Å². The number of phenolic OH excluding ortho intramolecular Hbond substituents is 1. The van der Waals surface area contributed by atoms with Gasteiger partial charge in [0.15, 0.2) is 0 Å². The van der Waals surface area contributed by atoms with Crippen LogP contribution in [-0.2, 0) is 10.8 Å². The van der Waals surface area contributed by atoms with E-state index in [9.17, 15) is 20.1 Å². The normalized spacial score (nSPS) is 13.2. The second-order valence-corrected chi connectivity index (χ2v) is 9.28. The van der Waals surface area contributed by atoms with Gasteiger partial charge < -0.3 is 25.2 Å². The zero-order valence-corrected chi connectivity index (χ0v) is 17.8. The Bertz CT molecular complexity index is 868. The van der Waals surface area contributed by atoms with Gasteiger partial charge in [0.25, 0.3) is 0 Å². The Morgan fingerprint density at radius 3 is 1.90 bits per heavy atom. The molecule has 158 valence electrons. The zero-order chi connectivity index (χ0) is 22.1. The van der Waals surface area contributed by atoms with Crippen LogP contribution in [-0.4, -0.2) is 33.0 Å². The number of phenols is 2. The average Bonchev–Trinajstić information content (AvgIpc) is 2.57. The van der Waals surface area contributed by atoms with E-state index in [0.717, 1.165) is 11.1 Å². The van der Waals surface area contributed by atoms with Crippen molar-refractivity contribution in [3.8, 4) is 17.2 Å². The van der Waals surface area contributed by atoms with Gasteiger partial charge in [-0.1, -0.05) is 41.5 Å². The second-order valence-electron chi connectivity index (χ2n) is 9.28. The van der Waals surface area contributed by atoms with Crippen LogP contribution >= 0.6 is 0 Å². The van der Waals surface area contributed by atoms with Crippen molar-refractivity contribution in [2.45, 2.75) is 58.5 Å². The van der Waals surface area contributed by atoms with E-state index >= 15 is 0 Å². The van der Waals surface area contributed by atoms with Crippen molar-refractivity contribution in [3.05, 3.63) is 52.6 Å². The van der Waals surface area contributed by atoms with E-state index in [0.29, 0.717) is 5.56 Å². The van der Waals surface area contributed by atoms with Crippen LogP contribution in [0.1, 0.15) is 74.7 Å². The summed E-state index contributed by atoms with van der Waals surface area (Å²) in [5.41, 5.74) is 1.23. The summed E-state index contributed by atoms with van der Waals surface area (Å²) in [7, 11) is 0. The molecule has 0 saturated heterocycles. The lowest BCUT2D eigenvalue weighted by molar-refractivity contribution is 0.0693. The van der Waals surface area contributed by atoms with Crippen molar-refractivity contribution in [2.75, 3.05) is 6.61 Å². The van der Waals surface area contributed by atoms with Crippen molar-refractivity contribution in [2.24, 2.45) is 0 Å². The minimum atomic E-state index is -1.23. The molecule has 1 atom stereocenters. The van der Waals surface area contributed by atoms with Gasteiger partial charge in [-0.2, -0.15) is 0 Å². The van der Waals surface area contributed by atoms with Gasteiger partial charge in [0.1, 0.15) is 35.5 Å². The number of benzene rings is 2. The van der Waals surface area contributed by atoms with Crippen LogP contribution in [0.5, 0.6) is 17.2 Å². The molecule has 0 fully saturated rings. The lowest BCUT2D eigenvalue weighted by Crippen LogP contribution is -2.19. The first-order valence-corrected chi connectivity index (χ1v) is 9.47. The third-order valence-electron chi connectivity index (χ3n) is 4.74. The zero-order valence-electron chi connectivity index (χ0n) is 17.8. The number of aliphatic hydroxyl groups is 1. The monoisotopic (exact) mass is 402 g/mol. The van der Waals surface area contributed by atoms with E-state index in [1.807, 2.05) is 41.5 Å². The van der Waals surface area contributed by atoms with Crippen LogP contribution in [0.4, 0.5) is 0 Å².